The molecule has 1 aliphatic heterocycles. The van der Waals surface area contributed by atoms with Gasteiger partial charge < -0.3 is 10.2 Å². The summed E-state index contributed by atoms with van der Waals surface area (Å²) in [6.07, 6.45) is -0.922. The van der Waals surface area contributed by atoms with E-state index < -0.39 is 27.2 Å². The van der Waals surface area contributed by atoms with Gasteiger partial charge in [0.1, 0.15) is 0 Å². The molecule has 5 nitrogen and oxygen atoms in total. The smallest absolute Gasteiger partial charge is 0.313 e. The van der Waals surface area contributed by atoms with Crippen molar-refractivity contribution in [2.45, 2.75) is 11.4 Å². The molecule has 0 radical (unpaired) electrons. The Balaban J connectivity index is 2.49. The topological polar surface area (TPSA) is 91.7 Å². The molecule has 7 heteroatoms. The molecule has 0 amide bonds. The molecule has 0 aliphatic carbocycles. The number of hydrogen-bond donors (Lipinski definition) is 2. The minimum absolute atomic E-state index is 0.119. The van der Waals surface area contributed by atoms with Gasteiger partial charge >= 0.3 is 5.97 Å². The lowest BCUT2D eigenvalue weighted by atomic mass is 10.3. The SMILES string of the molecule is O=C(O)CSC1CS(=O)(=O)CC1O. The highest BCUT2D eigenvalue weighted by Crippen LogP contribution is 2.24. The molecule has 0 spiro atoms. The van der Waals surface area contributed by atoms with Gasteiger partial charge in [0, 0.05) is 5.25 Å². The monoisotopic (exact) mass is 226 g/mol. The highest BCUT2D eigenvalue weighted by atomic mass is 32.2. The molecule has 1 aliphatic rings. The summed E-state index contributed by atoms with van der Waals surface area (Å²) in [5.74, 6) is -1.53. The normalized spacial score (nSPS) is 31.8. The van der Waals surface area contributed by atoms with Crippen LogP contribution >= 0.6 is 11.8 Å². The van der Waals surface area contributed by atoms with Gasteiger partial charge in [-0.05, 0) is 0 Å². The Kier molecular flexibility index (Phi) is 3.20. The van der Waals surface area contributed by atoms with Gasteiger partial charge in [-0.2, -0.15) is 0 Å². The Morgan fingerprint density at radius 2 is 2.08 bits per heavy atom. The van der Waals surface area contributed by atoms with Gasteiger partial charge in [0.05, 0.1) is 23.4 Å². The molecule has 1 heterocycles. The number of carboxylic acid groups (broad SMARTS) is 1. The summed E-state index contributed by atoms with van der Waals surface area (Å²) in [5, 5.41) is 17.1. The Hall–Kier alpha value is -0.270. The van der Waals surface area contributed by atoms with Gasteiger partial charge in [-0.25, -0.2) is 8.42 Å². The standard InChI is InChI=1S/C6H10O5S2/c7-4-2-13(10,11)3-5(4)12-1-6(8)9/h4-5,7H,1-3H2,(H,8,9). The lowest BCUT2D eigenvalue weighted by molar-refractivity contribution is -0.133. The molecule has 0 aromatic carbocycles. The number of hydrogen-bond acceptors (Lipinski definition) is 5. The van der Waals surface area contributed by atoms with E-state index in [0.29, 0.717) is 0 Å². The number of aliphatic hydroxyl groups excluding tert-OH is 1. The van der Waals surface area contributed by atoms with Crippen LogP contribution in [0.2, 0.25) is 0 Å². The Morgan fingerprint density at radius 1 is 1.46 bits per heavy atom. The first-order valence-electron chi connectivity index (χ1n) is 3.62. The van der Waals surface area contributed by atoms with Gasteiger partial charge in [0.2, 0.25) is 0 Å². The minimum Gasteiger partial charge on any atom is -0.481 e. The van der Waals surface area contributed by atoms with E-state index in [1.54, 1.807) is 0 Å². The van der Waals surface area contributed by atoms with Gasteiger partial charge in [0.25, 0.3) is 0 Å². The maximum atomic E-state index is 11.0. The van der Waals surface area contributed by atoms with E-state index in [1.807, 2.05) is 0 Å². The lowest BCUT2D eigenvalue weighted by Crippen LogP contribution is -2.21. The zero-order valence-electron chi connectivity index (χ0n) is 6.71. The highest BCUT2D eigenvalue weighted by molar-refractivity contribution is 8.02. The van der Waals surface area contributed by atoms with E-state index in [0.717, 1.165) is 11.8 Å². The first kappa shape index (κ1) is 10.8. The summed E-state index contributed by atoms with van der Waals surface area (Å²) in [7, 11) is -3.16. The molecular weight excluding hydrogens is 216 g/mol. The second kappa shape index (κ2) is 3.85. The van der Waals surface area contributed by atoms with Crippen LogP contribution in [0.4, 0.5) is 0 Å². The Morgan fingerprint density at radius 3 is 2.46 bits per heavy atom. The van der Waals surface area contributed by atoms with E-state index in [1.165, 1.54) is 0 Å². The van der Waals surface area contributed by atoms with E-state index in [4.69, 9.17) is 5.11 Å². The molecule has 13 heavy (non-hydrogen) atoms. The molecule has 0 aromatic rings. The number of thioether (sulfide) groups is 1. The fraction of sp³-hybridized carbons (Fsp3) is 0.833. The summed E-state index contributed by atoms with van der Waals surface area (Å²) < 4.78 is 22.0. The molecule has 0 saturated carbocycles. The van der Waals surface area contributed by atoms with Crippen LogP contribution in [0, 0.1) is 0 Å². The van der Waals surface area contributed by atoms with Crippen LogP contribution in [-0.4, -0.2) is 53.2 Å². The molecule has 2 unspecified atom stereocenters. The average Bonchev–Trinajstić information content (AvgIpc) is 2.20. The van der Waals surface area contributed by atoms with Crippen LogP contribution in [0.1, 0.15) is 0 Å². The zero-order valence-corrected chi connectivity index (χ0v) is 8.34. The van der Waals surface area contributed by atoms with Crippen molar-refractivity contribution >= 4 is 27.6 Å². The summed E-state index contributed by atoms with van der Waals surface area (Å²) in [5.41, 5.74) is 0. The molecule has 1 rings (SSSR count). The minimum atomic E-state index is -3.16. The largest absolute Gasteiger partial charge is 0.481 e. The van der Waals surface area contributed by atoms with Crippen LogP contribution < -0.4 is 0 Å². The number of sulfone groups is 1. The van der Waals surface area contributed by atoms with Gasteiger partial charge in [-0.3, -0.25) is 4.79 Å². The predicted octanol–water partition coefficient (Wildman–Crippen LogP) is -1.04. The average molecular weight is 226 g/mol. The van der Waals surface area contributed by atoms with Crippen LogP contribution in [0.25, 0.3) is 0 Å². The number of aliphatic hydroxyl groups is 1. The molecule has 2 N–H and O–H groups in total. The molecule has 1 saturated heterocycles. The fourth-order valence-corrected chi connectivity index (χ4v) is 4.55. The summed E-state index contributed by atoms with van der Waals surface area (Å²) in [4.78, 5) is 10.2. The number of carboxylic acids is 1. The molecule has 0 bridgehead atoms. The van der Waals surface area contributed by atoms with Crippen LogP contribution in [-0.2, 0) is 14.6 Å². The van der Waals surface area contributed by atoms with Crippen LogP contribution in [0.5, 0.6) is 0 Å². The summed E-state index contributed by atoms with van der Waals surface area (Å²) in [6, 6.07) is 0. The summed E-state index contributed by atoms with van der Waals surface area (Å²) in [6.45, 7) is 0. The van der Waals surface area contributed by atoms with Crippen molar-refractivity contribution < 1.29 is 23.4 Å². The van der Waals surface area contributed by atoms with Gasteiger partial charge in [-0.1, -0.05) is 0 Å². The Labute approximate surface area is 80.1 Å². The quantitative estimate of drug-likeness (QED) is 0.639. The maximum Gasteiger partial charge on any atom is 0.313 e. The summed E-state index contributed by atoms with van der Waals surface area (Å²) >= 11 is 0.974. The molecule has 2 atom stereocenters. The number of aliphatic carboxylic acids is 1. The first-order valence-corrected chi connectivity index (χ1v) is 6.49. The highest BCUT2D eigenvalue weighted by Gasteiger charge is 2.36. The van der Waals surface area contributed by atoms with Crippen molar-refractivity contribution in [3.63, 3.8) is 0 Å². The number of carbonyl (C=O) groups is 1. The van der Waals surface area contributed by atoms with Crippen LogP contribution in [0.3, 0.4) is 0 Å². The third kappa shape index (κ3) is 3.17. The number of rotatable bonds is 3. The molecule has 1 fully saturated rings. The van der Waals surface area contributed by atoms with Crippen molar-refractivity contribution in [1.82, 2.24) is 0 Å². The third-order valence-corrected chi connectivity index (χ3v) is 4.94. The maximum absolute atomic E-state index is 11.0. The Bertz CT molecular complexity index is 296. The lowest BCUT2D eigenvalue weighted by Gasteiger charge is -2.09. The first-order chi connectivity index (χ1) is 5.91. The van der Waals surface area contributed by atoms with Crippen molar-refractivity contribution in [3.05, 3.63) is 0 Å². The van der Waals surface area contributed by atoms with Crippen LogP contribution in [0.15, 0.2) is 0 Å². The molecular formula is C6H10O5S2. The molecule has 76 valence electrons. The second-order valence-electron chi connectivity index (χ2n) is 2.89. The van der Waals surface area contributed by atoms with E-state index >= 15 is 0 Å². The third-order valence-electron chi connectivity index (χ3n) is 1.69. The predicted molar refractivity (Wildman–Crippen MR) is 48.5 cm³/mol. The van der Waals surface area contributed by atoms with E-state index in [2.05, 4.69) is 0 Å². The van der Waals surface area contributed by atoms with Gasteiger partial charge in [0.15, 0.2) is 9.84 Å². The second-order valence-corrected chi connectivity index (χ2v) is 6.27. The van der Waals surface area contributed by atoms with Gasteiger partial charge in [-0.15, -0.1) is 11.8 Å². The van der Waals surface area contributed by atoms with Crippen molar-refractivity contribution in [1.29, 1.82) is 0 Å². The van der Waals surface area contributed by atoms with Crippen molar-refractivity contribution in [2.24, 2.45) is 0 Å². The fourth-order valence-electron chi connectivity index (χ4n) is 1.13. The van der Waals surface area contributed by atoms with E-state index in [-0.39, 0.29) is 17.3 Å². The molecule has 0 aromatic heterocycles. The van der Waals surface area contributed by atoms with Crippen molar-refractivity contribution in [3.8, 4) is 0 Å². The van der Waals surface area contributed by atoms with E-state index in [9.17, 15) is 18.3 Å². The van der Waals surface area contributed by atoms with Crippen molar-refractivity contribution in [2.75, 3.05) is 17.3 Å². The zero-order chi connectivity index (χ0) is 10.1.